The van der Waals surface area contributed by atoms with Crippen molar-refractivity contribution in [2.45, 2.75) is 20.1 Å². The summed E-state index contributed by atoms with van der Waals surface area (Å²) < 4.78 is 12.0. The van der Waals surface area contributed by atoms with Gasteiger partial charge in [-0.3, -0.25) is 0 Å². The van der Waals surface area contributed by atoms with Crippen LogP contribution < -0.4 is 16.0 Å². The third-order valence-corrected chi connectivity index (χ3v) is 3.10. The molecule has 1 aromatic carbocycles. The fourth-order valence-electron chi connectivity index (χ4n) is 1.66. The SMILES string of the molecule is CCOCc1nc(NN)cc(OCc2cccc(Br)c2)n1. The Morgan fingerprint density at radius 2 is 2.10 bits per heavy atom. The lowest BCUT2D eigenvalue weighted by Gasteiger charge is -2.09. The van der Waals surface area contributed by atoms with Gasteiger partial charge in [-0.2, -0.15) is 4.98 Å². The summed E-state index contributed by atoms with van der Waals surface area (Å²) in [5.74, 6) is 6.87. The summed E-state index contributed by atoms with van der Waals surface area (Å²) in [5.41, 5.74) is 3.54. The fourth-order valence-corrected chi connectivity index (χ4v) is 2.11. The Kier molecular flexibility index (Phi) is 5.91. The number of rotatable bonds is 7. The largest absolute Gasteiger partial charge is 0.473 e. The Morgan fingerprint density at radius 3 is 2.81 bits per heavy atom. The van der Waals surface area contributed by atoms with Crippen LogP contribution in [0.1, 0.15) is 18.3 Å². The second-order valence-corrected chi connectivity index (χ2v) is 5.12. The maximum absolute atomic E-state index is 5.69. The van der Waals surface area contributed by atoms with E-state index in [1.54, 1.807) is 6.07 Å². The number of nitrogen functional groups attached to an aromatic ring is 1. The first-order valence-corrected chi connectivity index (χ1v) is 7.30. The van der Waals surface area contributed by atoms with Gasteiger partial charge < -0.3 is 14.9 Å². The van der Waals surface area contributed by atoms with Gasteiger partial charge in [0.2, 0.25) is 5.88 Å². The van der Waals surface area contributed by atoms with E-state index < -0.39 is 0 Å². The molecule has 112 valence electrons. The molecule has 21 heavy (non-hydrogen) atoms. The molecule has 0 saturated carbocycles. The quantitative estimate of drug-likeness (QED) is 0.588. The lowest BCUT2D eigenvalue weighted by atomic mass is 10.2. The molecule has 1 heterocycles. The van der Waals surface area contributed by atoms with Gasteiger partial charge in [0.1, 0.15) is 19.0 Å². The highest BCUT2D eigenvalue weighted by atomic mass is 79.9. The summed E-state index contributed by atoms with van der Waals surface area (Å²) in [6, 6.07) is 9.54. The molecule has 0 aliphatic rings. The van der Waals surface area contributed by atoms with E-state index in [1.807, 2.05) is 31.2 Å². The van der Waals surface area contributed by atoms with Crippen LogP contribution in [0.25, 0.3) is 0 Å². The average Bonchev–Trinajstić information content (AvgIpc) is 2.51. The van der Waals surface area contributed by atoms with E-state index in [1.165, 1.54) is 0 Å². The fraction of sp³-hybridized carbons (Fsp3) is 0.286. The highest BCUT2D eigenvalue weighted by molar-refractivity contribution is 9.10. The van der Waals surface area contributed by atoms with Crippen molar-refractivity contribution in [3.63, 3.8) is 0 Å². The second kappa shape index (κ2) is 7.92. The van der Waals surface area contributed by atoms with Crippen molar-refractivity contribution < 1.29 is 9.47 Å². The van der Waals surface area contributed by atoms with Crippen LogP contribution in [-0.2, 0) is 18.0 Å². The smallest absolute Gasteiger partial charge is 0.219 e. The molecule has 0 spiro atoms. The van der Waals surface area contributed by atoms with Gasteiger partial charge in [0.15, 0.2) is 5.82 Å². The number of hydrazine groups is 1. The van der Waals surface area contributed by atoms with E-state index in [0.717, 1.165) is 10.0 Å². The van der Waals surface area contributed by atoms with Crippen molar-refractivity contribution in [1.29, 1.82) is 0 Å². The van der Waals surface area contributed by atoms with Crippen molar-refractivity contribution in [2.24, 2.45) is 5.84 Å². The van der Waals surface area contributed by atoms with Gasteiger partial charge in [0.25, 0.3) is 0 Å². The Morgan fingerprint density at radius 1 is 1.24 bits per heavy atom. The minimum absolute atomic E-state index is 0.319. The number of hydrogen-bond donors (Lipinski definition) is 2. The monoisotopic (exact) mass is 352 g/mol. The lowest BCUT2D eigenvalue weighted by molar-refractivity contribution is 0.127. The number of hydrogen-bond acceptors (Lipinski definition) is 6. The number of ether oxygens (including phenoxy) is 2. The number of aromatic nitrogens is 2. The molecule has 0 aliphatic heterocycles. The lowest BCUT2D eigenvalue weighted by Crippen LogP contribution is -2.12. The topological polar surface area (TPSA) is 82.3 Å². The highest BCUT2D eigenvalue weighted by Gasteiger charge is 2.06. The molecular weight excluding hydrogens is 336 g/mol. The van der Waals surface area contributed by atoms with E-state index in [0.29, 0.717) is 37.3 Å². The zero-order valence-electron chi connectivity index (χ0n) is 11.7. The number of nitrogens with one attached hydrogen (secondary N) is 1. The molecule has 0 radical (unpaired) electrons. The minimum Gasteiger partial charge on any atom is -0.473 e. The maximum atomic E-state index is 5.69. The van der Waals surface area contributed by atoms with Crippen LogP contribution in [0.4, 0.5) is 5.82 Å². The van der Waals surface area contributed by atoms with Gasteiger partial charge in [-0.1, -0.05) is 28.1 Å². The number of nitrogens with two attached hydrogens (primary N) is 1. The van der Waals surface area contributed by atoms with E-state index in [-0.39, 0.29) is 0 Å². The molecule has 2 rings (SSSR count). The molecule has 7 heteroatoms. The number of anilines is 1. The number of halogens is 1. The summed E-state index contributed by atoms with van der Waals surface area (Å²) in [4.78, 5) is 8.49. The molecule has 2 aromatic rings. The predicted molar refractivity (Wildman–Crippen MR) is 83.6 cm³/mol. The molecule has 0 bridgehead atoms. The molecular formula is C14H17BrN4O2. The third kappa shape index (κ3) is 4.96. The second-order valence-electron chi connectivity index (χ2n) is 4.21. The minimum atomic E-state index is 0.319. The number of benzene rings is 1. The Bertz CT molecular complexity index is 595. The maximum Gasteiger partial charge on any atom is 0.219 e. The van der Waals surface area contributed by atoms with Gasteiger partial charge in [0.05, 0.1) is 0 Å². The van der Waals surface area contributed by atoms with Gasteiger partial charge >= 0.3 is 0 Å². The first-order chi connectivity index (χ1) is 10.2. The molecule has 1 aromatic heterocycles. The van der Waals surface area contributed by atoms with Crippen molar-refractivity contribution in [3.8, 4) is 5.88 Å². The Labute approximate surface area is 131 Å². The van der Waals surface area contributed by atoms with Crippen LogP contribution in [0.2, 0.25) is 0 Å². The zero-order valence-corrected chi connectivity index (χ0v) is 13.3. The Hall–Kier alpha value is -1.70. The van der Waals surface area contributed by atoms with E-state index in [2.05, 4.69) is 31.3 Å². The standard InChI is InChI=1S/C14H17BrN4O2/c1-2-20-9-13-17-12(19-16)7-14(18-13)21-8-10-4-3-5-11(15)6-10/h3-7H,2,8-9,16H2,1H3,(H,17,18,19). The van der Waals surface area contributed by atoms with E-state index in [4.69, 9.17) is 15.3 Å². The molecule has 0 atom stereocenters. The van der Waals surface area contributed by atoms with Crippen LogP contribution in [0.15, 0.2) is 34.8 Å². The van der Waals surface area contributed by atoms with Crippen LogP contribution >= 0.6 is 15.9 Å². The third-order valence-electron chi connectivity index (χ3n) is 2.61. The molecule has 0 aliphatic carbocycles. The summed E-state index contributed by atoms with van der Waals surface area (Å²) in [6.07, 6.45) is 0. The normalized spacial score (nSPS) is 10.4. The number of nitrogens with zero attached hydrogens (tertiary/aromatic N) is 2. The molecule has 3 N–H and O–H groups in total. The predicted octanol–water partition coefficient (Wildman–Crippen LogP) is 2.64. The van der Waals surface area contributed by atoms with Crippen molar-refractivity contribution >= 4 is 21.7 Å². The van der Waals surface area contributed by atoms with E-state index in [9.17, 15) is 0 Å². The van der Waals surface area contributed by atoms with Gasteiger partial charge in [-0.25, -0.2) is 10.8 Å². The molecule has 0 saturated heterocycles. The van der Waals surface area contributed by atoms with Crippen LogP contribution in [-0.4, -0.2) is 16.6 Å². The summed E-state index contributed by atoms with van der Waals surface area (Å²) >= 11 is 3.43. The summed E-state index contributed by atoms with van der Waals surface area (Å²) in [6.45, 7) is 3.24. The van der Waals surface area contributed by atoms with Crippen molar-refractivity contribution in [2.75, 3.05) is 12.0 Å². The van der Waals surface area contributed by atoms with E-state index >= 15 is 0 Å². The van der Waals surface area contributed by atoms with Crippen LogP contribution in [0.3, 0.4) is 0 Å². The van der Waals surface area contributed by atoms with Crippen molar-refractivity contribution in [3.05, 3.63) is 46.2 Å². The molecule has 6 nitrogen and oxygen atoms in total. The van der Waals surface area contributed by atoms with Gasteiger partial charge in [0, 0.05) is 17.1 Å². The summed E-state index contributed by atoms with van der Waals surface area (Å²) in [7, 11) is 0. The van der Waals surface area contributed by atoms with Gasteiger partial charge in [-0.15, -0.1) is 0 Å². The van der Waals surface area contributed by atoms with Crippen molar-refractivity contribution in [1.82, 2.24) is 9.97 Å². The molecule has 0 fully saturated rings. The first kappa shape index (κ1) is 15.7. The average molecular weight is 353 g/mol. The highest BCUT2D eigenvalue weighted by Crippen LogP contribution is 2.17. The molecule has 0 unspecified atom stereocenters. The van der Waals surface area contributed by atoms with Gasteiger partial charge in [-0.05, 0) is 24.6 Å². The summed E-state index contributed by atoms with van der Waals surface area (Å²) in [5, 5.41) is 0. The van der Waals surface area contributed by atoms with Crippen LogP contribution in [0, 0.1) is 0 Å². The van der Waals surface area contributed by atoms with Crippen LogP contribution in [0.5, 0.6) is 5.88 Å². The zero-order chi connectivity index (χ0) is 15.1. The molecule has 0 amide bonds. The Balaban J connectivity index is 2.07. The first-order valence-electron chi connectivity index (χ1n) is 6.51.